The fourth-order valence-corrected chi connectivity index (χ4v) is 3.34. The Hall–Kier alpha value is -1.75. The van der Waals surface area contributed by atoms with Crippen molar-refractivity contribution in [1.29, 1.82) is 0 Å². The minimum absolute atomic E-state index is 0.0372. The molecule has 140 valence electrons. The van der Waals surface area contributed by atoms with Gasteiger partial charge < -0.3 is 19.7 Å². The molecule has 5 nitrogen and oxygen atoms in total. The van der Waals surface area contributed by atoms with Crippen LogP contribution in [-0.2, 0) is 4.79 Å². The van der Waals surface area contributed by atoms with Crippen LogP contribution in [0.4, 0.5) is 0 Å². The Morgan fingerprint density at radius 2 is 1.92 bits per heavy atom. The zero-order chi connectivity index (χ0) is 17.9. The van der Waals surface area contributed by atoms with Crippen molar-refractivity contribution in [2.45, 2.75) is 51.0 Å². The highest BCUT2D eigenvalue weighted by Gasteiger charge is 2.17. The number of nitrogens with zero attached hydrogens (tertiary/aromatic N) is 1. The Morgan fingerprint density at radius 3 is 2.64 bits per heavy atom. The van der Waals surface area contributed by atoms with Gasteiger partial charge in [-0.1, -0.05) is 31.4 Å². The van der Waals surface area contributed by atoms with Crippen molar-refractivity contribution in [3.05, 3.63) is 24.3 Å². The molecule has 1 aromatic rings. The molecule has 0 radical (unpaired) electrons. The van der Waals surface area contributed by atoms with Crippen LogP contribution in [0, 0.1) is 0 Å². The van der Waals surface area contributed by atoms with E-state index in [9.17, 15) is 4.79 Å². The lowest BCUT2D eigenvalue weighted by Crippen LogP contribution is -2.36. The lowest BCUT2D eigenvalue weighted by molar-refractivity contribution is -0.121. The molecular weight excluding hydrogens is 316 g/mol. The predicted molar refractivity (Wildman–Crippen MR) is 100 cm³/mol. The maximum absolute atomic E-state index is 11.9. The Balaban J connectivity index is 1.55. The van der Waals surface area contributed by atoms with Crippen molar-refractivity contribution in [1.82, 2.24) is 10.2 Å². The SMILES string of the molecule is COc1ccccc1OCCC(=O)NCCCN(C)C1CCCCC1. The molecule has 0 saturated heterocycles. The second kappa shape index (κ2) is 11.0. The number of para-hydroxylation sites is 2. The third kappa shape index (κ3) is 6.94. The molecular formula is C20H32N2O3. The van der Waals surface area contributed by atoms with Gasteiger partial charge in [0, 0.05) is 12.6 Å². The van der Waals surface area contributed by atoms with Gasteiger partial charge in [-0.25, -0.2) is 0 Å². The minimum Gasteiger partial charge on any atom is -0.493 e. The van der Waals surface area contributed by atoms with E-state index in [1.807, 2.05) is 24.3 Å². The summed E-state index contributed by atoms with van der Waals surface area (Å²) in [5, 5.41) is 2.98. The third-order valence-electron chi connectivity index (χ3n) is 4.86. The first-order valence-electron chi connectivity index (χ1n) is 9.43. The Labute approximate surface area is 151 Å². The first-order chi connectivity index (χ1) is 12.2. The van der Waals surface area contributed by atoms with Crippen molar-refractivity contribution in [2.75, 3.05) is 33.9 Å². The first kappa shape index (κ1) is 19.6. The molecule has 0 atom stereocenters. The third-order valence-corrected chi connectivity index (χ3v) is 4.86. The Bertz CT molecular complexity index is 515. The number of amides is 1. The Morgan fingerprint density at radius 1 is 1.20 bits per heavy atom. The summed E-state index contributed by atoms with van der Waals surface area (Å²) in [6.07, 6.45) is 8.10. The highest BCUT2D eigenvalue weighted by Crippen LogP contribution is 2.25. The van der Waals surface area contributed by atoms with Crippen LogP contribution in [0.5, 0.6) is 11.5 Å². The van der Waals surface area contributed by atoms with E-state index >= 15 is 0 Å². The molecule has 2 rings (SSSR count). The van der Waals surface area contributed by atoms with Crippen LogP contribution in [0.15, 0.2) is 24.3 Å². The van der Waals surface area contributed by atoms with Crippen molar-refractivity contribution in [3.8, 4) is 11.5 Å². The summed E-state index contributed by atoms with van der Waals surface area (Å²) >= 11 is 0. The largest absolute Gasteiger partial charge is 0.493 e. The van der Waals surface area contributed by atoms with Gasteiger partial charge in [-0.2, -0.15) is 0 Å². The maximum atomic E-state index is 11.9. The molecule has 0 heterocycles. The van der Waals surface area contributed by atoms with Crippen LogP contribution in [-0.4, -0.2) is 50.7 Å². The number of rotatable bonds is 10. The van der Waals surface area contributed by atoms with Crippen LogP contribution in [0.1, 0.15) is 44.9 Å². The zero-order valence-corrected chi connectivity index (χ0v) is 15.6. The molecule has 5 heteroatoms. The van der Waals surface area contributed by atoms with Crippen LogP contribution >= 0.6 is 0 Å². The van der Waals surface area contributed by atoms with E-state index in [1.54, 1.807) is 7.11 Å². The van der Waals surface area contributed by atoms with Gasteiger partial charge in [0.05, 0.1) is 20.1 Å². The molecule has 1 fully saturated rings. The molecule has 0 aromatic heterocycles. The lowest BCUT2D eigenvalue weighted by Gasteiger charge is -2.31. The van der Waals surface area contributed by atoms with E-state index in [1.165, 1.54) is 32.1 Å². The molecule has 1 N–H and O–H groups in total. The monoisotopic (exact) mass is 348 g/mol. The minimum atomic E-state index is 0.0372. The summed E-state index contributed by atoms with van der Waals surface area (Å²) in [6, 6.07) is 8.21. The van der Waals surface area contributed by atoms with Gasteiger partial charge >= 0.3 is 0 Å². The molecule has 1 aliphatic carbocycles. The summed E-state index contributed by atoms with van der Waals surface area (Å²) in [7, 11) is 3.82. The van der Waals surface area contributed by atoms with Crippen LogP contribution < -0.4 is 14.8 Å². The second-order valence-corrected chi connectivity index (χ2v) is 6.73. The molecule has 0 bridgehead atoms. The number of hydrogen-bond acceptors (Lipinski definition) is 4. The number of nitrogens with one attached hydrogen (secondary N) is 1. The van der Waals surface area contributed by atoms with E-state index < -0.39 is 0 Å². The molecule has 0 aliphatic heterocycles. The fraction of sp³-hybridized carbons (Fsp3) is 0.650. The number of carbonyl (C=O) groups excluding carboxylic acids is 1. The number of benzene rings is 1. The summed E-state index contributed by atoms with van der Waals surface area (Å²) < 4.78 is 10.9. The molecule has 0 spiro atoms. The van der Waals surface area contributed by atoms with Gasteiger partial charge in [-0.05, 0) is 45.0 Å². The van der Waals surface area contributed by atoms with Crippen LogP contribution in [0.2, 0.25) is 0 Å². The first-order valence-corrected chi connectivity index (χ1v) is 9.43. The van der Waals surface area contributed by atoms with E-state index in [-0.39, 0.29) is 5.91 Å². The summed E-state index contributed by atoms with van der Waals surface area (Å²) in [5.74, 6) is 1.40. The number of ether oxygens (including phenoxy) is 2. The van der Waals surface area contributed by atoms with Crippen molar-refractivity contribution in [2.24, 2.45) is 0 Å². The molecule has 1 aromatic carbocycles. The zero-order valence-electron chi connectivity index (χ0n) is 15.6. The molecule has 1 saturated carbocycles. The highest BCUT2D eigenvalue weighted by atomic mass is 16.5. The van der Waals surface area contributed by atoms with Gasteiger partial charge in [-0.15, -0.1) is 0 Å². The van der Waals surface area contributed by atoms with Crippen molar-refractivity contribution < 1.29 is 14.3 Å². The highest BCUT2D eigenvalue weighted by molar-refractivity contribution is 5.75. The maximum Gasteiger partial charge on any atom is 0.223 e. The molecule has 1 aliphatic rings. The van der Waals surface area contributed by atoms with Gasteiger partial charge in [0.2, 0.25) is 5.91 Å². The van der Waals surface area contributed by atoms with E-state index in [2.05, 4.69) is 17.3 Å². The fourth-order valence-electron chi connectivity index (χ4n) is 3.34. The van der Waals surface area contributed by atoms with E-state index in [4.69, 9.17) is 9.47 Å². The van der Waals surface area contributed by atoms with Crippen LogP contribution in [0.25, 0.3) is 0 Å². The number of methoxy groups -OCH3 is 1. The molecule has 25 heavy (non-hydrogen) atoms. The van der Waals surface area contributed by atoms with Gasteiger partial charge in [0.1, 0.15) is 0 Å². The van der Waals surface area contributed by atoms with Crippen molar-refractivity contribution in [3.63, 3.8) is 0 Å². The standard InChI is InChI=1S/C20H32N2O3/c1-22(17-9-4-3-5-10-17)15-8-14-21-20(23)13-16-25-19-12-7-6-11-18(19)24-2/h6-7,11-12,17H,3-5,8-10,13-16H2,1-2H3,(H,21,23). The lowest BCUT2D eigenvalue weighted by atomic mass is 9.94. The molecule has 1 amide bonds. The molecule has 0 unspecified atom stereocenters. The summed E-state index contributed by atoms with van der Waals surface area (Å²) in [5.41, 5.74) is 0. The van der Waals surface area contributed by atoms with E-state index in [0.29, 0.717) is 24.5 Å². The summed E-state index contributed by atoms with van der Waals surface area (Å²) in [4.78, 5) is 14.4. The van der Waals surface area contributed by atoms with E-state index in [0.717, 1.165) is 25.6 Å². The van der Waals surface area contributed by atoms with Crippen molar-refractivity contribution >= 4 is 5.91 Å². The second-order valence-electron chi connectivity index (χ2n) is 6.73. The van der Waals surface area contributed by atoms with Crippen LogP contribution in [0.3, 0.4) is 0 Å². The predicted octanol–water partition coefficient (Wildman–Crippen LogP) is 3.23. The Kier molecular flexibility index (Phi) is 8.60. The average Bonchev–Trinajstić information content (AvgIpc) is 2.66. The normalized spacial score (nSPS) is 15.2. The number of carbonyl (C=O) groups is 1. The number of hydrogen-bond donors (Lipinski definition) is 1. The quantitative estimate of drug-likeness (QED) is 0.660. The van der Waals surface area contributed by atoms with Gasteiger partial charge in [-0.3, -0.25) is 4.79 Å². The van der Waals surface area contributed by atoms with Gasteiger partial charge in [0.15, 0.2) is 11.5 Å². The average molecular weight is 348 g/mol. The topological polar surface area (TPSA) is 50.8 Å². The van der Waals surface area contributed by atoms with Gasteiger partial charge in [0.25, 0.3) is 0 Å². The smallest absolute Gasteiger partial charge is 0.223 e. The summed E-state index contributed by atoms with van der Waals surface area (Å²) in [6.45, 7) is 2.13.